The zero-order valence-corrected chi connectivity index (χ0v) is 12.9. The lowest BCUT2D eigenvalue weighted by atomic mass is 9.85. The molecule has 6 nitrogen and oxygen atoms in total. The van der Waals surface area contributed by atoms with E-state index < -0.39 is 17.4 Å². The lowest BCUT2D eigenvalue weighted by molar-refractivity contribution is -0.148. The zero-order chi connectivity index (χ0) is 15.5. The first-order valence-electron chi connectivity index (χ1n) is 7.87. The van der Waals surface area contributed by atoms with Crippen molar-refractivity contribution < 1.29 is 19.4 Å². The highest BCUT2D eigenvalue weighted by Crippen LogP contribution is 2.29. The Morgan fingerprint density at radius 2 is 2.19 bits per heavy atom. The third-order valence-corrected chi connectivity index (χ3v) is 4.75. The number of carbonyl (C=O) groups excluding carboxylic acids is 1. The molecule has 0 aromatic heterocycles. The molecule has 2 heterocycles. The van der Waals surface area contributed by atoms with Gasteiger partial charge in [0.1, 0.15) is 5.41 Å². The summed E-state index contributed by atoms with van der Waals surface area (Å²) in [6.45, 7) is 4.92. The second kappa shape index (κ2) is 6.64. The van der Waals surface area contributed by atoms with Crippen LogP contribution in [0.15, 0.2) is 0 Å². The van der Waals surface area contributed by atoms with Crippen LogP contribution in [0.4, 0.5) is 4.79 Å². The third kappa shape index (κ3) is 3.31. The predicted octanol–water partition coefficient (Wildman–Crippen LogP) is 1.84. The summed E-state index contributed by atoms with van der Waals surface area (Å²) >= 11 is 0. The summed E-state index contributed by atoms with van der Waals surface area (Å²) in [4.78, 5) is 25.8. The Morgan fingerprint density at radius 3 is 2.86 bits per heavy atom. The van der Waals surface area contributed by atoms with Gasteiger partial charge in [-0.25, -0.2) is 4.79 Å². The highest BCUT2D eigenvalue weighted by molar-refractivity contribution is 5.79. The first kappa shape index (κ1) is 16.1. The number of carbonyl (C=O) groups is 2. The highest BCUT2D eigenvalue weighted by Gasteiger charge is 2.48. The quantitative estimate of drug-likeness (QED) is 0.830. The fourth-order valence-electron chi connectivity index (χ4n) is 3.22. The minimum absolute atomic E-state index is 0.142. The number of carboxylic acid groups (broad SMARTS) is 1. The molecule has 2 N–H and O–H groups in total. The van der Waals surface area contributed by atoms with Crippen molar-refractivity contribution in [1.82, 2.24) is 10.2 Å². The van der Waals surface area contributed by atoms with Crippen LogP contribution >= 0.6 is 0 Å². The lowest BCUT2D eigenvalue weighted by Crippen LogP contribution is -2.56. The van der Waals surface area contributed by atoms with Crippen molar-refractivity contribution >= 4 is 12.0 Å². The molecule has 2 fully saturated rings. The molecule has 0 aliphatic carbocycles. The van der Waals surface area contributed by atoms with E-state index in [2.05, 4.69) is 12.2 Å². The fourth-order valence-corrected chi connectivity index (χ4v) is 3.22. The molecule has 2 amide bonds. The fraction of sp³-hybridized carbons (Fsp3) is 0.867. The van der Waals surface area contributed by atoms with Crippen LogP contribution in [0, 0.1) is 5.41 Å². The van der Waals surface area contributed by atoms with Crippen LogP contribution in [0.2, 0.25) is 0 Å². The topological polar surface area (TPSA) is 78.9 Å². The Balaban J connectivity index is 2.01. The van der Waals surface area contributed by atoms with E-state index in [1.54, 1.807) is 6.92 Å². The molecular weight excluding hydrogens is 272 g/mol. The molecule has 3 atom stereocenters. The smallest absolute Gasteiger partial charge is 0.317 e. The van der Waals surface area contributed by atoms with Gasteiger partial charge >= 0.3 is 12.0 Å². The van der Waals surface area contributed by atoms with Crippen molar-refractivity contribution in [3.05, 3.63) is 0 Å². The summed E-state index contributed by atoms with van der Waals surface area (Å²) < 4.78 is 5.28. The first-order valence-corrected chi connectivity index (χ1v) is 7.87. The number of carboxylic acids is 1. The number of likely N-dealkylation sites (tertiary alicyclic amines) is 1. The molecule has 0 bridgehead atoms. The Hall–Kier alpha value is -1.30. The number of nitrogens with one attached hydrogen (secondary N) is 1. The average Bonchev–Trinajstić information content (AvgIpc) is 2.82. The summed E-state index contributed by atoms with van der Waals surface area (Å²) in [5, 5.41) is 12.2. The molecule has 120 valence electrons. The second-order valence-corrected chi connectivity index (χ2v) is 6.37. The largest absolute Gasteiger partial charge is 0.481 e. The Morgan fingerprint density at radius 1 is 1.43 bits per heavy atom. The molecule has 0 aromatic rings. The minimum atomic E-state index is -1.04. The van der Waals surface area contributed by atoms with Gasteiger partial charge in [0, 0.05) is 12.6 Å². The summed E-state index contributed by atoms with van der Waals surface area (Å²) in [5.74, 6) is -0.922. The summed E-state index contributed by atoms with van der Waals surface area (Å²) in [6.07, 6.45) is 5.27. The van der Waals surface area contributed by atoms with E-state index in [4.69, 9.17) is 4.74 Å². The summed E-state index contributed by atoms with van der Waals surface area (Å²) in [6, 6.07) is -0.329. The zero-order valence-electron chi connectivity index (χ0n) is 12.9. The number of ether oxygens (including phenoxy) is 1. The van der Waals surface area contributed by atoms with Crippen LogP contribution < -0.4 is 5.32 Å². The first-order chi connectivity index (χ1) is 9.99. The monoisotopic (exact) mass is 298 g/mol. The van der Waals surface area contributed by atoms with Crippen LogP contribution in [-0.4, -0.2) is 53.8 Å². The molecule has 2 aliphatic heterocycles. The standard InChI is InChI=1S/C15H26N2O4/c1-3-6-11-7-4-5-8-17(11)14(20)16-12-9-21-10-15(12,2)13(18)19/h11-12H,3-10H2,1-2H3,(H,16,20)(H,18,19). The third-order valence-electron chi connectivity index (χ3n) is 4.75. The normalized spacial score (nSPS) is 33.0. The maximum atomic E-state index is 12.5. The molecule has 2 saturated heterocycles. The molecular formula is C15H26N2O4. The van der Waals surface area contributed by atoms with Gasteiger partial charge in [-0.15, -0.1) is 0 Å². The van der Waals surface area contributed by atoms with E-state index in [1.165, 1.54) is 0 Å². The van der Waals surface area contributed by atoms with E-state index in [1.807, 2.05) is 4.90 Å². The minimum Gasteiger partial charge on any atom is -0.481 e. The Bertz CT molecular complexity index is 399. The summed E-state index contributed by atoms with van der Waals surface area (Å²) in [5.41, 5.74) is -1.04. The van der Waals surface area contributed by atoms with Gasteiger partial charge in [0.05, 0.1) is 19.3 Å². The van der Waals surface area contributed by atoms with Crippen LogP contribution in [0.25, 0.3) is 0 Å². The van der Waals surface area contributed by atoms with Gasteiger partial charge in [-0.2, -0.15) is 0 Å². The Labute approximate surface area is 125 Å². The number of piperidine rings is 1. The highest BCUT2D eigenvalue weighted by atomic mass is 16.5. The molecule has 2 aliphatic rings. The van der Waals surface area contributed by atoms with Gasteiger partial charge in [-0.05, 0) is 32.6 Å². The van der Waals surface area contributed by atoms with Crippen LogP contribution in [0.3, 0.4) is 0 Å². The maximum absolute atomic E-state index is 12.5. The van der Waals surface area contributed by atoms with Crippen molar-refractivity contribution in [2.24, 2.45) is 5.41 Å². The number of aliphatic carboxylic acids is 1. The van der Waals surface area contributed by atoms with Crippen LogP contribution in [0.1, 0.15) is 46.0 Å². The van der Waals surface area contributed by atoms with Gasteiger partial charge in [-0.3, -0.25) is 4.79 Å². The molecule has 0 aromatic carbocycles. The molecule has 21 heavy (non-hydrogen) atoms. The molecule has 0 radical (unpaired) electrons. The maximum Gasteiger partial charge on any atom is 0.317 e. The van der Waals surface area contributed by atoms with Crippen molar-refractivity contribution in [3.63, 3.8) is 0 Å². The van der Waals surface area contributed by atoms with Crippen molar-refractivity contribution in [3.8, 4) is 0 Å². The molecule has 3 unspecified atom stereocenters. The number of amides is 2. The van der Waals surface area contributed by atoms with E-state index in [0.717, 1.165) is 38.6 Å². The van der Waals surface area contributed by atoms with E-state index in [-0.39, 0.29) is 25.3 Å². The van der Waals surface area contributed by atoms with Gasteiger partial charge in [0.25, 0.3) is 0 Å². The van der Waals surface area contributed by atoms with Gasteiger partial charge < -0.3 is 20.1 Å². The van der Waals surface area contributed by atoms with Crippen molar-refractivity contribution in [2.75, 3.05) is 19.8 Å². The predicted molar refractivity (Wildman–Crippen MR) is 78.1 cm³/mol. The number of nitrogens with zero attached hydrogens (tertiary/aromatic N) is 1. The van der Waals surface area contributed by atoms with E-state index in [0.29, 0.717) is 0 Å². The number of rotatable bonds is 4. The van der Waals surface area contributed by atoms with Gasteiger partial charge in [0.15, 0.2) is 0 Å². The lowest BCUT2D eigenvalue weighted by Gasteiger charge is -2.37. The Kier molecular flexibility index (Phi) is 5.08. The van der Waals surface area contributed by atoms with Crippen molar-refractivity contribution in [2.45, 2.75) is 58.0 Å². The summed E-state index contributed by atoms with van der Waals surface area (Å²) in [7, 11) is 0. The molecule has 0 saturated carbocycles. The second-order valence-electron chi connectivity index (χ2n) is 6.37. The number of urea groups is 1. The van der Waals surface area contributed by atoms with Gasteiger partial charge in [-0.1, -0.05) is 13.3 Å². The number of hydrogen-bond acceptors (Lipinski definition) is 3. The van der Waals surface area contributed by atoms with Crippen LogP contribution in [0.5, 0.6) is 0 Å². The molecule has 0 spiro atoms. The SMILES string of the molecule is CCCC1CCCCN1C(=O)NC1COCC1(C)C(=O)O. The number of hydrogen-bond donors (Lipinski definition) is 2. The molecule has 2 rings (SSSR count). The van der Waals surface area contributed by atoms with Gasteiger partial charge in [0.2, 0.25) is 0 Å². The average molecular weight is 298 g/mol. The molecule has 6 heteroatoms. The van der Waals surface area contributed by atoms with Crippen LogP contribution in [-0.2, 0) is 9.53 Å². The van der Waals surface area contributed by atoms with Crippen molar-refractivity contribution in [1.29, 1.82) is 0 Å². The van der Waals surface area contributed by atoms with E-state index >= 15 is 0 Å². The van der Waals surface area contributed by atoms with E-state index in [9.17, 15) is 14.7 Å².